The van der Waals surface area contributed by atoms with Crippen molar-refractivity contribution in [3.8, 4) is 11.5 Å². The van der Waals surface area contributed by atoms with Gasteiger partial charge in [-0.3, -0.25) is 9.59 Å². The second-order valence-corrected chi connectivity index (χ2v) is 7.16. The summed E-state index contributed by atoms with van der Waals surface area (Å²) in [6.07, 6.45) is -4.92. The SMILES string of the molecule is CCOc1ccccc1NC1=C(c2ccccc2)C(=O)N(c2cccc(OC(F)(F)F)c2)C1=O. The molecule has 0 bridgehead atoms. The van der Waals surface area contributed by atoms with Crippen LogP contribution in [0.5, 0.6) is 11.5 Å². The molecule has 1 heterocycles. The molecule has 4 rings (SSSR count). The lowest BCUT2D eigenvalue weighted by Crippen LogP contribution is -2.32. The monoisotopic (exact) mass is 468 g/mol. The van der Waals surface area contributed by atoms with E-state index in [0.717, 1.165) is 17.0 Å². The number of nitrogens with one attached hydrogen (secondary N) is 1. The van der Waals surface area contributed by atoms with Gasteiger partial charge in [0.2, 0.25) is 0 Å². The van der Waals surface area contributed by atoms with Gasteiger partial charge in [-0.05, 0) is 36.8 Å². The molecule has 0 saturated heterocycles. The summed E-state index contributed by atoms with van der Waals surface area (Å²) in [5.41, 5.74) is 0.942. The zero-order chi connectivity index (χ0) is 24.3. The van der Waals surface area contributed by atoms with Crippen LogP contribution in [0.2, 0.25) is 0 Å². The third-order valence-electron chi connectivity index (χ3n) is 4.90. The normalized spacial score (nSPS) is 13.9. The number of amides is 2. The number of ether oxygens (including phenoxy) is 2. The van der Waals surface area contributed by atoms with Crippen molar-refractivity contribution in [2.75, 3.05) is 16.8 Å². The molecule has 9 heteroatoms. The van der Waals surface area contributed by atoms with Crippen LogP contribution in [0.4, 0.5) is 24.5 Å². The number of nitrogens with zero attached hydrogens (tertiary/aromatic N) is 1. The van der Waals surface area contributed by atoms with E-state index in [1.54, 1.807) is 54.6 Å². The molecule has 0 unspecified atom stereocenters. The Hall–Kier alpha value is -4.27. The van der Waals surface area contributed by atoms with E-state index in [9.17, 15) is 22.8 Å². The lowest BCUT2D eigenvalue weighted by atomic mass is 10.0. The van der Waals surface area contributed by atoms with Gasteiger partial charge in [0, 0.05) is 6.07 Å². The van der Waals surface area contributed by atoms with Crippen LogP contribution >= 0.6 is 0 Å². The van der Waals surface area contributed by atoms with Crippen LogP contribution in [-0.4, -0.2) is 24.8 Å². The first-order valence-corrected chi connectivity index (χ1v) is 10.3. The number of carbonyl (C=O) groups excluding carboxylic acids is 2. The second kappa shape index (κ2) is 9.30. The number of carbonyl (C=O) groups is 2. The predicted octanol–water partition coefficient (Wildman–Crippen LogP) is 5.38. The maximum absolute atomic E-state index is 13.5. The summed E-state index contributed by atoms with van der Waals surface area (Å²) >= 11 is 0. The zero-order valence-electron chi connectivity index (χ0n) is 17.9. The van der Waals surface area contributed by atoms with Crippen molar-refractivity contribution in [3.05, 3.63) is 90.1 Å². The summed E-state index contributed by atoms with van der Waals surface area (Å²) in [4.78, 5) is 27.7. The van der Waals surface area contributed by atoms with Crippen molar-refractivity contribution >= 4 is 28.8 Å². The van der Waals surface area contributed by atoms with Crippen LogP contribution in [0.15, 0.2) is 84.6 Å². The first kappa shape index (κ1) is 22.9. The molecule has 34 heavy (non-hydrogen) atoms. The topological polar surface area (TPSA) is 67.9 Å². The molecule has 3 aromatic carbocycles. The average molecular weight is 468 g/mol. The molecular weight excluding hydrogens is 449 g/mol. The molecule has 174 valence electrons. The van der Waals surface area contributed by atoms with Crippen molar-refractivity contribution < 1.29 is 32.2 Å². The number of hydrogen-bond acceptors (Lipinski definition) is 5. The minimum Gasteiger partial charge on any atom is -0.492 e. The fourth-order valence-corrected chi connectivity index (χ4v) is 3.56. The quantitative estimate of drug-likeness (QED) is 0.472. The average Bonchev–Trinajstić information content (AvgIpc) is 3.04. The number of alkyl halides is 3. The second-order valence-electron chi connectivity index (χ2n) is 7.16. The van der Waals surface area contributed by atoms with Crippen molar-refractivity contribution in [1.29, 1.82) is 0 Å². The van der Waals surface area contributed by atoms with E-state index in [2.05, 4.69) is 10.1 Å². The van der Waals surface area contributed by atoms with E-state index < -0.39 is 23.9 Å². The van der Waals surface area contributed by atoms with Crippen LogP contribution in [0, 0.1) is 0 Å². The van der Waals surface area contributed by atoms with Crippen LogP contribution in [-0.2, 0) is 9.59 Å². The molecule has 6 nitrogen and oxygen atoms in total. The van der Waals surface area contributed by atoms with Gasteiger partial charge in [0.05, 0.1) is 23.6 Å². The van der Waals surface area contributed by atoms with Crippen molar-refractivity contribution in [1.82, 2.24) is 0 Å². The van der Waals surface area contributed by atoms with Gasteiger partial charge in [0.15, 0.2) is 0 Å². The molecule has 0 atom stereocenters. The number of hydrogen-bond donors (Lipinski definition) is 1. The number of imide groups is 1. The van der Waals surface area contributed by atoms with Crippen LogP contribution < -0.4 is 19.7 Å². The van der Waals surface area contributed by atoms with Crippen molar-refractivity contribution in [3.63, 3.8) is 0 Å². The van der Waals surface area contributed by atoms with E-state index in [1.165, 1.54) is 12.1 Å². The van der Waals surface area contributed by atoms with Gasteiger partial charge in [-0.25, -0.2) is 4.90 Å². The highest BCUT2D eigenvalue weighted by atomic mass is 19.4. The van der Waals surface area contributed by atoms with E-state index in [-0.39, 0.29) is 17.0 Å². The molecular formula is C25H19F3N2O4. The van der Waals surface area contributed by atoms with E-state index in [0.29, 0.717) is 23.6 Å². The largest absolute Gasteiger partial charge is 0.573 e. The zero-order valence-corrected chi connectivity index (χ0v) is 17.9. The first-order valence-electron chi connectivity index (χ1n) is 10.3. The lowest BCUT2D eigenvalue weighted by Gasteiger charge is -2.17. The van der Waals surface area contributed by atoms with Crippen molar-refractivity contribution in [2.24, 2.45) is 0 Å². The summed E-state index contributed by atoms with van der Waals surface area (Å²) < 4.78 is 47.6. The van der Waals surface area contributed by atoms with Crippen LogP contribution in [0.25, 0.3) is 5.57 Å². The first-order chi connectivity index (χ1) is 16.3. The maximum Gasteiger partial charge on any atom is 0.573 e. The van der Waals surface area contributed by atoms with Gasteiger partial charge < -0.3 is 14.8 Å². The third kappa shape index (κ3) is 4.73. The van der Waals surface area contributed by atoms with Crippen LogP contribution in [0.1, 0.15) is 12.5 Å². The summed E-state index contributed by atoms with van der Waals surface area (Å²) in [5.74, 6) is -1.48. The van der Waals surface area contributed by atoms with Crippen molar-refractivity contribution in [2.45, 2.75) is 13.3 Å². The summed E-state index contributed by atoms with van der Waals surface area (Å²) in [6.45, 7) is 2.20. The Morgan fingerprint density at radius 1 is 0.882 bits per heavy atom. The molecule has 0 radical (unpaired) electrons. The minimum absolute atomic E-state index is 0.0227. The minimum atomic E-state index is -4.92. The standard InChI is InChI=1S/C25H19F3N2O4/c1-2-33-20-14-7-6-13-19(20)29-22-21(16-9-4-3-5-10-16)23(31)30(24(22)32)17-11-8-12-18(15-17)34-25(26,27)28/h3-15,29H,2H2,1H3. The van der Waals surface area contributed by atoms with E-state index >= 15 is 0 Å². The number of anilines is 2. The number of benzene rings is 3. The van der Waals surface area contributed by atoms with E-state index in [1.807, 2.05) is 6.92 Å². The molecule has 1 aliphatic heterocycles. The lowest BCUT2D eigenvalue weighted by molar-refractivity contribution is -0.274. The molecule has 0 saturated carbocycles. The Bertz CT molecular complexity index is 1260. The van der Waals surface area contributed by atoms with Gasteiger partial charge in [-0.1, -0.05) is 48.5 Å². The Morgan fingerprint density at radius 3 is 2.29 bits per heavy atom. The maximum atomic E-state index is 13.5. The third-order valence-corrected chi connectivity index (χ3v) is 4.90. The van der Waals surface area contributed by atoms with Gasteiger partial charge in [0.25, 0.3) is 11.8 Å². The van der Waals surface area contributed by atoms with Gasteiger partial charge in [-0.2, -0.15) is 0 Å². The highest BCUT2D eigenvalue weighted by molar-refractivity contribution is 6.46. The number of halogens is 3. The molecule has 1 aliphatic rings. The summed E-state index contributed by atoms with van der Waals surface area (Å²) in [7, 11) is 0. The Kier molecular flexibility index (Phi) is 6.27. The Labute approximate surface area is 193 Å². The molecule has 0 aliphatic carbocycles. The Morgan fingerprint density at radius 2 is 1.59 bits per heavy atom. The number of rotatable bonds is 7. The highest BCUT2D eigenvalue weighted by Gasteiger charge is 2.41. The molecule has 3 aromatic rings. The molecule has 0 fully saturated rings. The smallest absolute Gasteiger partial charge is 0.492 e. The molecule has 2 amide bonds. The van der Waals surface area contributed by atoms with Gasteiger partial charge in [0.1, 0.15) is 17.2 Å². The molecule has 0 spiro atoms. The Balaban J connectivity index is 1.77. The van der Waals surface area contributed by atoms with Gasteiger partial charge in [-0.15, -0.1) is 13.2 Å². The summed E-state index contributed by atoms with van der Waals surface area (Å²) in [5, 5.41) is 3.01. The fourth-order valence-electron chi connectivity index (χ4n) is 3.56. The van der Waals surface area contributed by atoms with Gasteiger partial charge >= 0.3 is 6.36 Å². The van der Waals surface area contributed by atoms with Crippen LogP contribution in [0.3, 0.4) is 0 Å². The highest BCUT2D eigenvalue weighted by Crippen LogP contribution is 2.37. The summed E-state index contributed by atoms with van der Waals surface area (Å²) in [6, 6.07) is 20.2. The molecule has 1 N–H and O–H groups in total. The molecule has 0 aromatic heterocycles. The van der Waals surface area contributed by atoms with E-state index in [4.69, 9.17) is 4.74 Å². The fraction of sp³-hybridized carbons (Fsp3) is 0.120. The number of para-hydroxylation sites is 2. The predicted molar refractivity (Wildman–Crippen MR) is 120 cm³/mol.